The van der Waals surface area contributed by atoms with Crippen molar-refractivity contribution in [1.82, 2.24) is 15.2 Å². The van der Waals surface area contributed by atoms with Crippen LogP contribution in [0.15, 0.2) is 34.9 Å². The van der Waals surface area contributed by atoms with E-state index in [1.807, 2.05) is 0 Å². The topological polar surface area (TPSA) is 84.7 Å². The number of piperidine rings is 3. The molecule has 1 amide bonds. The molecule has 0 saturated carbocycles. The van der Waals surface area contributed by atoms with Gasteiger partial charge in [-0.3, -0.25) is 14.5 Å². The zero-order valence-electron chi connectivity index (χ0n) is 15.5. The lowest BCUT2D eigenvalue weighted by molar-refractivity contribution is 0.0217. The predicted octanol–water partition coefficient (Wildman–Crippen LogP) is 2.88. The molecule has 2 atom stereocenters. The van der Waals surface area contributed by atoms with Crippen molar-refractivity contribution in [2.75, 3.05) is 13.1 Å². The number of hydrogen-bond acceptors (Lipinski definition) is 6. The van der Waals surface area contributed by atoms with Crippen LogP contribution in [0.25, 0.3) is 0 Å². The molecule has 27 heavy (non-hydrogen) atoms. The Kier molecular flexibility index (Phi) is 4.70. The highest BCUT2D eigenvalue weighted by atomic mass is 16.6. The molecule has 3 aliphatic rings. The minimum atomic E-state index is -0.216. The SMILES string of the molecule is CC(=O)c1cnc(Oc2ccc(C(=O)N[C@@H]3C4CCN(CC4)[C@@H]3C)cc2)o1. The molecular formula is C20H23N3O4. The summed E-state index contributed by atoms with van der Waals surface area (Å²) in [5.74, 6) is 0.915. The first-order valence-corrected chi connectivity index (χ1v) is 9.31. The summed E-state index contributed by atoms with van der Waals surface area (Å²) in [6.45, 7) is 5.86. The Bertz CT molecular complexity index is 835. The number of benzene rings is 1. The smallest absolute Gasteiger partial charge is 0.399 e. The van der Waals surface area contributed by atoms with Gasteiger partial charge in [-0.15, -0.1) is 0 Å². The molecule has 7 nitrogen and oxygen atoms in total. The second-order valence-corrected chi connectivity index (χ2v) is 7.29. The maximum atomic E-state index is 12.6. The molecule has 4 heterocycles. The van der Waals surface area contributed by atoms with Crippen LogP contribution in [0, 0.1) is 5.92 Å². The number of hydrogen-bond donors (Lipinski definition) is 1. The van der Waals surface area contributed by atoms with Crippen molar-refractivity contribution >= 4 is 11.7 Å². The van der Waals surface area contributed by atoms with Crippen LogP contribution >= 0.6 is 0 Å². The standard InChI is InChI=1S/C20H23N3O4/c1-12-18(14-7-9-23(12)10-8-14)22-19(25)15-3-5-16(6-4-15)26-20-21-11-17(27-20)13(2)24/h3-6,11-12,14,18H,7-10H2,1-2H3,(H,22,25)/t12-,18+/m1/s1. The Morgan fingerprint density at radius 1 is 1.22 bits per heavy atom. The maximum Gasteiger partial charge on any atom is 0.399 e. The van der Waals surface area contributed by atoms with Gasteiger partial charge in [0.1, 0.15) is 5.75 Å². The molecule has 7 heteroatoms. The van der Waals surface area contributed by atoms with E-state index >= 15 is 0 Å². The summed E-state index contributed by atoms with van der Waals surface area (Å²) >= 11 is 0. The molecule has 0 spiro atoms. The van der Waals surface area contributed by atoms with E-state index in [9.17, 15) is 9.59 Å². The summed E-state index contributed by atoms with van der Waals surface area (Å²) in [5.41, 5.74) is 0.586. The van der Waals surface area contributed by atoms with Gasteiger partial charge in [0.05, 0.1) is 6.20 Å². The maximum absolute atomic E-state index is 12.6. The Balaban J connectivity index is 1.39. The van der Waals surface area contributed by atoms with Gasteiger partial charge in [0.2, 0.25) is 0 Å². The molecule has 3 aliphatic heterocycles. The van der Waals surface area contributed by atoms with Gasteiger partial charge in [0.15, 0.2) is 11.5 Å². The first kappa shape index (κ1) is 17.7. The van der Waals surface area contributed by atoms with Crippen LogP contribution in [-0.4, -0.2) is 46.7 Å². The molecule has 142 valence electrons. The number of oxazole rings is 1. The second kappa shape index (κ2) is 7.15. The fraction of sp³-hybridized carbons (Fsp3) is 0.450. The van der Waals surface area contributed by atoms with Gasteiger partial charge < -0.3 is 14.5 Å². The number of aromatic nitrogens is 1. The Morgan fingerprint density at radius 3 is 2.52 bits per heavy atom. The lowest BCUT2D eigenvalue weighted by Gasteiger charge is -2.49. The number of carbonyl (C=O) groups is 2. The van der Waals surface area contributed by atoms with Crippen molar-refractivity contribution in [2.24, 2.45) is 5.92 Å². The number of ketones is 1. The molecule has 0 unspecified atom stereocenters. The summed E-state index contributed by atoms with van der Waals surface area (Å²) in [6, 6.07) is 7.38. The number of amides is 1. The van der Waals surface area contributed by atoms with Gasteiger partial charge in [-0.25, -0.2) is 0 Å². The van der Waals surface area contributed by atoms with Gasteiger partial charge in [-0.1, -0.05) is 0 Å². The molecule has 1 N–H and O–H groups in total. The summed E-state index contributed by atoms with van der Waals surface area (Å²) < 4.78 is 10.7. The normalized spacial score (nSPS) is 26.6. The van der Waals surface area contributed by atoms with Crippen LogP contribution in [-0.2, 0) is 0 Å². The van der Waals surface area contributed by atoms with E-state index in [1.165, 1.54) is 13.1 Å². The Morgan fingerprint density at radius 2 is 1.93 bits per heavy atom. The highest BCUT2D eigenvalue weighted by Crippen LogP contribution is 2.32. The summed E-state index contributed by atoms with van der Waals surface area (Å²) in [4.78, 5) is 30.2. The van der Waals surface area contributed by atoms with Crippen molar-refractivity contribution in [3.63, 3.8) is 0 Å². The van der Waals surface area contributed by atoms with Gasteiger partial charge in [0, 0.05) is 24.6 Å². The number of rotatable bonds is 5. The second-order valence-electron chi connectivity index (χ2n) is 7.29. The molecule has 3 fully saturated rings. The van der Waals surface area contributed by atoms with Gasteiger partial charge in [-0.2, -0.15) is 4.98 Å². The molecule has 3 saturated heterocycles. The van der Waals surface area contributed by atoms with Gasteiger partial charge in [0.25, 0.3) is 5.91 Å². The number of carbonyl (C=O) groups excluding carboxylic acids is 2. The van der Waals surface area contributed by atoms with Crippen LogP contribution in [0.3, 0.4) is 0 Å². The van der Waals surface area contributed by atoms with Crippen molar-refractivity contribution < 1.29 is 18.7 Å². The Hall–Kier alpha value is -2.67. The Labute approximate surface area is 157 Å². The summed E-state index contributed by atoms with van der Waals surface area (Å²) in [7, 11) is 0. The van der Waals surface area contributed by atoms with Crippen molar-refractivity contribution in [2.45, 2.75) is 38.8 Å². The van der Waals surface area contributed by atoms with Crippen LogP contribution in [0.5, 0.6) is 11.8 Å². The number of Topliss-reactive ketones (excluding diaryl/α,β-unsaturated/α-hetero) is 1. The number of nitrogens with one attached hydrogen (secondary N) is 1. The fourth-order valence-corrected chi connectivity index (χ4v) is 4.02. The van der Waals surface area contributed by atoms with Crippen molar-refractivity contribution in [3.05, 3.63) is 41.8 Å². The first-order valence-electron chi connectivity index (χ1n) is 9.31. The molecular weight excluding hydrogens is 346 g/mol. The number of nitrogens with zero attached hydrogens (tertiary/aromatic N) is 2. The van der Waals surface area contributed by atoms with E-state index in [0.29, 0.717) is 23.3 Å². The fourth-order valence-electron chi connectivity index (χ4n) is 4.02. The van der Waals surface area contributed by atoms with E-state index in [-0.39, 0.29) is 29.6 Å². The van der Waals surface area contributed by atoms with Crippen LogP contribution in [0.2, 0.25) is 0 Å². The number of ether oxygens (including phenoxy) is 1. The van der Waals surface area contributed by atoms with Crippen LogP contribution < -0.4 is 10.1 Å². The molecule has 0 aliphatic carbocycles. The van der Waals surface area contributed by atoms with Crippen LogP contribution in [0.4, 0.5) is 0 Å². The van der Waals surface area contributed by atoms with Gasteiger partial charge in [-0.05, 0) is 63.0 Å². The predicted molar refractivity (Wildman–Crippen MR) is 98.0 cm³/mol. The minimum absolute atomic E-state index is 0.00138. The molecule has 5 rings (SSSR count). The first-order chi connectivity index (χ1) is 13.0. The monoisotopic (exact) mass is 369 g/mol. The third-order valence-corrected chi connectivity index (χ3v) is 5.63. The molecule has 1 aromatic carbocycles. The van der Waals surface area contributed by atoms with E-state index in [2.05, 4.69) is 22.1 Å². The molecule has 1 aromatic heterocycles. The van der Waals surface area contributed by atoms with E-state index in [0.717, 1.165) is 25.9 Å². The van der Waals surface area contributed by atoms with Crippen LogP contribution in [0.1, 0.15) is 47.6 Å². The highest BCUT2D eigenvalue weighted by Gasteiger charge is 2.40. The van der Waals surface area contributed by atoms with E-state index < -0.39 is 0 Å². The third kappa shape index (κ3) is 3.60. The largest absolute Gasteiger partial charge is 0.411 e. The lowest BCUT2D eigenvalue weighted by Crippen LogP contribution is -2.62. The van der Waals surface area contributed by atoms with E-state index in [1.54, 1.807) is 24.3 Å². The average Bonchev–Trinajstić information content (AvgIpc) is 3.14. The zero-order valence-corrected chi connectivity index (χ0v) is 15.5. The summed E-state index contributed by atoms with van der Waals surface area (Å²) in [6.07, 6.45) is 3.63. The minimum Gasteiger partial charge on any atom is -0.411 e. The lowest BCUT2D eigenvalue weighted by atomic mass is 9.79. The molecule has 2 aromatic rings. The van der Waals surface area contributed by atoms with Crippen molar-refractivity contribution in [1.29, 1.82) is 0 Å². The van der Waals surface area contributed by atoms with E-state index in [4.69, 9.17) is 9.15 Å². The third-order valence-electron chi connectivity index (χ3n) is 5.63. The average molecular weight is 369 g/mol. The summed E-state index contributed by atoms with van der Waals surface area (Å²) in [5, 5.41) is 3.21. The number of fused-ring (bicyclic) bond motifs is 3. The van der Waals surface area contributed by atoms with Gasteiger partial charge >= 0.3 is 6.08 Å². The van der Waals surface area contributed by atoms with Crippen molar-refractivity contribution in [3.8, 4) is 11.8 Å². The zero-order chi connectivity index (χ0) is 19.0. The molecule has 2 bridgehead atoms. The highest BCUT2D eigenvalue weighted by molar-refractivity contribution is 5.94. The quantitative estimate of drug-likeness (QED) is 0.816. The molecule has 0 radical (unpaired) electrons.